The van der Waals surface area contributed by atoms with Crippen LogP contribution in [0.3, 0.4) is 0 Å². The van der Waals surface area contributed by atoms with E-state index in [4.69, 9.17) is 4.65 Å². The van der Waals surface area contributed by atoms with Gasteiger partial charge in [0, 0.05) is 0 Å². The van der Waals surface area contributed by atoms with Gasteiger partial charge in [0.1, 0.15) is 5.75 Å². The fraction of sp³-hybridized carbons (Fsp3) is 0.438. The first-order valence-electron chi connectivity index (χ1n) is 14.9. The molecule has 246 valence electrons. The topological polar surface area (TPSA) is 107 Å². The molecule has 2 aliphatic heterocycles. The average molecular weight is 651 g/mol. The first-order valence-corrected chi connectivity index (χ1v) is 14.9. The Labute approximate surface area is 261 Å². The van der Waals surface area contributed by atoms with E-state index in [1.807, 2.05) is 19.1 Å². The number of amides is 2. The first-order chi connectivity index (χ1) is 21.6. The number of halogens is 6. The lowest BCUT2D eigenvalue weighted by molar-refractivity contribution is -0.143. The molecule has 2 aromatic carbocycles. The van der Waals surface area contributed by atoms with Crippen LogP contribution in [0.15, 0.2) is 59.2 Å². The third kappa shape index (κ3) is 6.74. The van der Waals surface area contributed by atoms with Crippen LogP contribution in [0.1, 0.15) is 55.7 Å². The van der Waals surface area contributed by atoms with E-state index in [-0.39, 0.29) is 24.6 Å². The van der Waals surface area contributed by atoms with E-state index in [1.54, 1.807) is 18.2 Å². The van der Waals surface area contributed by atoms with Crippen molar-refractivity contribution in [3.05, 3.63) is 75.9 Å². The Morgan fingerprint density at radius 3 is 2.26 bits per heavy atom. The van der Waals surface area contributed by atoms with Crippen molar-refractivity contribution in [2.45, 2.75) is 63.8 Å². The van der Waals surface area contributed by atoms with Crippen LogP contribution >= 0.6 is 0 Å². The quantitative estimate of drug-likeness (QED) is 0.132. The zero-order valence-corrected chi connectivity index (χ0v) is 24.7. The number of phenols is 1. The molecule has 0 unspecified atom stereocenters. The summed E-state index contributed by atoms with van der Waals surface area (Å²) < 4.78 is 87.4. The van der Waals surface area contributed by atoms with Crippen molar-refractivity contribution in [3.63, 3.8) is 0 Å². The molecule has 0 spiro atoms. The molecule has 2 heterocycles. The van der Waals surface area contributed by atoms with Gasteiger partial charge in [-0.3, -0.25) is 9.59 Å². The number of nitrogens with zero attached hydrogens (tertiary/aromatic N) is 1. The smallest absolute Gasteiger partial charge is 0.455 e. The van der Waals surface area contributed by atoms with Crippen LogP contribution in [-0.4, -0.2) is 46.9 Å². The molecule has 4 atom stereocenters. The highest BCUT2D eigenvalue weighted by atomic mass is 19.4. The minimum absolute atomic E-state index is 0.0771. The van der Waals surface area contributed by atoms with E-state index in [0.29, 0.717) is 47.4 Å². The SMILES string of the molecule is CCC/C(=C\c1cccc(O)c1)CC[C@H]1OB(O)C[C@H]2C1=C(CO)C[C@H]1C(=O)N(c3cc(C(F)(F)F)cc(C(F)(F)F)c3)C(=O)[C@H]12. The van der Waals surface area contributed by atoms with Gasteiger partial charge in [0.15, 0.2) is 0 Å². The zero-order chi connectivity index (χ0) is 33.6. The maximum Gasteiger partial charge on any atom is 0.455 e. The van der Waals surface area contributed by atoms with Crippen LogP contribution in [0.4, 0.5) is 32.0 Å². The number of fused-ring (bicyclic) bond motifs is 3. The summed E-state index contributed by atoms with van der Waals surface area (Å²) in [5.74, 6) is -5.01. The van der Waals surface area contributed by atoms with Gasteiger partial charge in [-0.2, -0.15) is 26.3 Å². The standard InChI is InChI=1S/C32H32BF6NO6/c1-2-4-17(9-18-5-3-6-23(42)10-18)7-8-26-27-19(16-41)11-24-28(25(27)15-33(45)46-26)30(44)40(29(24)43)22-13-20(31(34,35)36)12-21(14-22)32(37,38)39/h3,5-6,9-10,12-14,24-26,28,41-42,45H,2,4,7-8,11,15-16H2,1H3/b17-9+/t24-,25+,26-,28-/m1/s1. The third-order valence-corrected chi connectivity index (χ3v) is 8.87. The number of aliphatic hydroxyl groups excluding tert-OH is 1. The van der Waals surface area contributed by atoms with Crippen molar-refractivity contribution < 1.29 is 55.8 Å². The number of allylic oxidation sites excluding steroid dienone is 1. The average Bonchev–Trinajstić information content (AvgIpc) is 3.23. The number of phenolic OH excluding ortho intramolecular Hbond substituents is 1. The molecule has 0 aromatic heterocycles. The molecule has 0 radical (unpaired) electrons. The van der Waals surface area contributed by atoms with Gasteiger partial charge in [-0.25, -0.2) is 4.90 Å². The van der Waals surface area contributed by atoms with Crippen molar-refractivity contribution in [2.75, 3.05) is 11.5 Å². The summed E-state index contributed by atoms with van der Waals surface area (Å²) in [7, 11) is -1.37. The molecule has 14 heteroatoms. The molecule has 3 N–H and O–H groups in total. The van der Waals surface area contributed by atoms with Crippen LogP contribution in [-0.2, 0) is 26.6 Å². The van der Waals surface area contributed by atoms with Crippen molar-refractivity contribution in [2.24, 2.45) is 17.8 Å². The summed E-state index contributed by atoms with van der Waals surface area (Å²) in [6.45, 7) is 1.48. The highest BCUT2D eigenvalue weighted by molar-refractivity contribution is 6.43. The Hall–Kier alpha value is -3.62. The Kier molecular flexibility index (Phi) is 9.45. The number of alkyl halides is 6. The van der Waals surface area contributed by atoms with Crippen LogP contribution in [0.5, 0.6) is 5.75 Å². The van der Waals surface area contributed by atoms with Gasteiger partial charge in [0.2, 0.25) is 11.8 Å². The lowest BCUT2D eigenvalue weighted by Crippen LogP contribution is -2.46. The molecule has 0 saturated carbocycles. The van der Waals surface area contributed by atoms with E-state index >= 15 is 0 Å². The summed E-state index contributed by atoms with van der Waals surface area (Å²) in [6, 6.07) is 7.31. The Bertz CT molecular complexity index is 1540. The second kappa shape index (κ2) is 12.9. The molecule has 46 heavy (non-hydrogen) atoms. The fourth-order valence-corrected chi connectivity index (χ4v) is 6.99. The molecule has 0 bridgehead atoms. The predicted molar refractivity (Wildman–Crippen MR) is 156 cm³/mol. The summed E-state index contributed by atoms with van der Waals surface area (Å²) in [4.78, 5) is 27.8. The predicted octanol–water partition coefficient (Wildman–Crippen LogP) is 6.39. The third-order valence-electron chi connectivity index (χ3n) is 8.87. The van der Waals surface area contributed by atoms with E-state index in [1.165, 1.54) is 0 Å². The number of aromatic hydroxyl groups is 1. The van der Waals surface area contributed by atoms with E-state index in [2.05, 4.69) is 0 Å². The van der Waals surface area contributed by atoms with Gasteiger partial charge in [-0.1, -0.05) is 37.1 Å². The normalized spacial score (nSPS) is 24.1. The van der Waals surface area contributed by atoms with Gasteiger partial charge in [0.25, 0.3) is 0 Å². The van der Waals surface area contributed by atoms with Crippen LogP contribution in [0, 0.1) is 17.8 Å². The summed E-state index contributed by atoms with van der Waals surface area (Å²) in [6.07, 6.45) is -7.18. The van der Waals surface area contributed by atoms with Crippen LogP contribution in [0.2, 0.25) is 6.32 Å². The van der Waals surface area contributed by atoms with E-state index < -0.39 is 78.6 Å². The molecule has 2 fully saturated rings. The number of imide groups is 1. The van der Waals surface area contributed by atoms with Crippen LogP contribution < -0.4 is 4.90 Å². The largest absolute Gasteiger partial charge is 0.508 e. The number of carbonyl (C=O) groups is 2. The lowest BCUT2D eigenvalue weighted by Gasteiger charge is -2.43. The maximum absolute atomic E-state index is 13.8. The number of carbonyl (C=O) groups excluding carboxylic acids is 2. The van der Waals surface area contributed by atoms with Crippen molar-refractivity contribution in [3.8, 4) is 5.75 Å². The number of rotatable bonds is 8. The first kappa shape index (κ1) is 33.7. The highest BCUT2D eigenvalue weighted by Gasteiger charge is 2.58. The number of anilines is 1. The molecular weight excluding hydrogens is 619 g/mol. The zero-order valence-electron chi connectivity index (χ0n) is 24.7. The number of hydrogen-bond donors (Lipinski definition) is 3. The van der Waals surface area contributed by atoms with E-state index in [0.717, 1.165) is 17.6 Å². The van der Waals surface area contributed by atoms with Crippen molar-refractivity contribution >= 4 is 30.7 Å². The molecule has 2 aromatic rings. The molecule has 7 nitrogen and oxygen atoms in total. The highest BCUT2D eigenvalue weighted by Crippen LogP contribution is 2.52. The monoisotopic (exact) mass is 651 g/mol. The molecule has 1 aliphatic carbocycles. The second-order valence-electron chi connectivity index (χ2n) is 11.9. The van der Waals surface area contributed by atoms with E-state index in [9.17, 15) is 51.2 Å². The summed E-state index contributed by atoms with van der Waals surface area (Å²) in [5, 5.41) is 30.9. The Morgan fingerprint density at radius 2 is 1.67 bits per heavy atom. The second-order valence-corrected chi connectivity index (χ2v) is 11.9. The fourth-order valence-electron chi connectivity index (χ4n) is 6.99. The van der Waals surface area contributed by atoms with Gasteiger partial charge in [0.05, 0.1) is 41.4 Å². The molecule has 5 rings (SSSR count). The van der Waals surface area contributed by atoms with Crippen molar-refractivity contribution in [1.82, 2.24) is 0 Å². The summed E-state index contributed by atoms with van der Waals surface area (Å²) in [5.41, 5.74) is -1.47. The maximum atomic E-state index is 13.8. The lowest BCUT2D eigenvalue weighted by atomic mass is 9.58. The molecular formula is C32H32BF6NO6. The van der Waals surface area contributed by atoms with Gasteiger partial charge in [-0.15, -0.1) is 0 Å². The molecule has 2 saturated heterocycles. The molecule has 3 aliphatic rings. The van der Waals surface area contributed by atoms with Crippen molar-refractivity contribution in [1.29, 1.82) is 0 Å². The molecule has 2 amide bonds. The minimum atomic E-state index is -5.18. The summed E-state index contributed by atoms with van der Waals surface area (Å²) >= 11 is 0. The van der Waals surface area contributed by atoms with Crippen LogP contribution in [0.25, 0.3) is 6.08 Å². The Morgan fingerprint density at radius 1 is 1.00 bits per heavy atom. The van der Waals surface area contributed by atoms with Gasteiger partial charge in [-0.05, 0) is 85.0 Å². The van der Waals surface area contributed by atoms with Gasteiger partial charge < -0.3 is 19.9 Å². The number of aliphatic hydroxyl groups is 1. The Balaban J connectivity index is 1.47. The number of hydrogen-bond acceptors (Lipinski definition) is 6. The number of benzene rings is 2. The van der Waals surface area contributed by atoms with Gasteiger partial charge >= 0.3 is 19.5 Å². The minimum Gasteiger partial charge on any atom is -0.508 e.